The predicted molar refractivity (Wildman–Crippen MR) is 109 cm³/mol. The lowest BCUT2D eigenvalue weighted by molar-refractivity contribution is -0.384. The van der Waals surface area contributed by atoms with Gasteiger partial charge < -0.3 is 9.80 Å². The average molecular weight is 407 g/mol. The summed E-state index contributed by atoms with van der Waals surface area (Å²) >= 11 is 0. The number of amides is 1. The van der Waals surface area contributed by atoms with Gasteiger partial charge in [0.2, 0.25) is 0 Å². The maximum absolute atomic E-state index is 13.1. The first-order valence-corrected chi connectivity index (χ1v) is 9.39. The molecule has 1 aliphatic heterocycles. The Labute approximate surface area is 171 Å². The highest BCUT2D eigenvalue weighted by Gasteiger charge is 2.23. The molecule has 2 aromatic carbocycles. The number of carbonyl (C=O) groups is 1. The second kappa shape index (κ2) is 8.24. The van der Waals surface area contributed by atoms with Gasteiger partial charge in [-0.05, 0) is 48.5 Å². The summed E-state index contributed by atoms with van der Waals surface area (Å²) in [5.74, 6) is 0.259. The summed E-state index contributed by atoms with van der Waals surface area (Å²) in [6.07, 6.45) is 0. The minimum absolute atomic E-state index is 0.0426. The van der Waals surface area contributed by atoms with E-state index in [1.54, 1.807) is 17.0 Å². The summed E-state index contributed by atoms with van der Waals surface area (Å²) in [5, 5.41) is 19.2. The van der Waals surface area contributed by atoms with E-state index in [-0.39, 0.29) is 17.4 Å². The van der Waals surface area contributed by atoms with E-state index in [0.717, 1.165) is 5.56 Å². The first kappa shape index (κ1) is 19.4. The Balaban J connectivity index is 1.37. The van der Waals surface area contributed by atoms with Gasteiger partial charge in [0.1, 0.15) is 5.82 Å². The number of nitro benzene ring substituents is 1. The van der Waals surface area contributed by atoms with Gasteiger partial charge in [0.05, 0.1) is 10.6 Å². The molecule has 0 saturated carbocycles. The summed E-state index contributed by atoms with van der Waals surface area (Å²) in [6, 6.07) is 15.4. The lowest BCUT2D eigenvalue weighted by Crippen LogP contribution is -2.49. The molecule has 9 heteroatoms. The van der Waals surface area contributed by atoms with Gasteiger partial charge >= 0.3 is 0 Å². The van der Waals surface area contributed by atoms with Gasteiger partial charge in [0.15, 0.2) is 5.82 Å². The number of halogens is 1. The van der Waals surface area contributed by atoms with Crippen LogP contribution in [0.3, 0.4) is 0 Å². The second-order valence-electron chi connectivity index (χ2n) is 6.87. The fraction of sp³-hybridized carbons (Fsp3) is 0.190. The van der Waals surface area contributed by atoms with E-state index in [1.807, 2.05) is 17.0 Å². The van der Waals surface area contributed by atoms with Crippen molar-refractivity contribution in [2.75, 3.05) is 31.1 Å². The van der Waals surface area contributed by atoms with Crippen LogP contribution in [0.1, 0.15) is 10.4 Å². The largest absolute Gasteiger partial charge is 0.352 e. The lowest BCUT2D eigenvalue weighted by atomic mass is 10.1. The molecule has 1 amide bonds. The Morgan fingerprint density at radius 2 is 1.57 bits per heavy atom. The molecule has 0 bridgehead atoms. The number of piperazine rings is 1. The van der Waals surface area contributed by atoms with Crippen molar-refractivity contribution in [3.05, 3.63) is 82.2 Å². The molecule has 0 aliphatic carbocycles. The van der Waals surface area contributed by atoms with Crippen molar-refractivity contribution in [3.8, 4) is 11.3 Å². The molecule has 2 heterocycles. The molecule has 3 aromatic rings. The number of non-ortho nitro benzene ring substituents is 1. The number of carbonyl (C=O) groups excluding carboxylic acids is 1. The zero-order chi connectivity index (χ0) is 21.1. The van der Waals surface area contributed by atoms with Crippen molar-refractivity contribution in [1.82, 2.24) is 15.1 Å². The Bertz CT molecular complexity index is 1050. The summed E-state index contributed by atoms with van der Waals surface area (Å²) < 4.78 is 13.1. The van der Waals surface area contributed by atoms with E-state index < -0.39 is 4.92 Å². The minimum Gasteiger partial charge on any atom is -0.352 e. The van der Waals surface area contributed by atoms with Crippen LogP contribution < -0.4 is 4.90 Å². The Hall–Kier alpha value is -3.88. The van der Waals surface area contributed by atoms with Crippen molar-refractivity contribution >= 4 is 17.4 Å². The number of hydrogen-bond donors (Lipinski definition) is 0. The minimum atomic E-state index is -0.491. The van der Waals surface area contributed by atoms with E-state index in [0.29, 0.717) is 43.3 Å². The maximum atomic E-state index is 13.1. The Morgan fingerprint density at radius 3 is 2.13 bits per heavy atom. The number of nitrogens with zero attached hydrogens (tertiary/aromatic N) is 5. The topological polar surface area (TPSA) is 92.5 Å². The predicted octanol–water partition coefficient (Wildman–Crippen LogP) is 3.15. The van der Waals surface area contributed by atoms with Gasteiger partial charge in [0, 0.05) is 49.4 Å². The molecule has 0 N–H and O–H groups in total. The van der Waals surface area contributed by atoms with Crippen LogP contribution in [0.5, 0.6) is 0 Å². The standard InChI is InChI=1S/C21H18FN5O3/c22-17-5-1-15(2-6-17)19-9-10-20(24-23-19)25-11-13-26(14-12-25)21(28)16-3-7-18(8-4-16)27(29)30/h1-10H,11-14H2. The molecule has 1 aliphatic rings. The van der Waals surface area contributed by atoms with Gasteiger partial charge in [-0.3, -0.25) is 14.9 Å². The van der Waals surface area contributed by atoms with E-state index in [9.17, 15) is 19.3 Å². The number of nitro groups is 1. The van der Waals surface area contributed by atoms with Crippen LogP contribution >= 0.6 is 0 Å². The van der Waals surface area contributed by atoms with Crippen LogP contribution in [0.15, 0.2) is 60.7 Å². The number of hydrogen-bond acceptors (Lipinski definition) is 6. The van der Waals surface area contributed by atoms with Crippen LogP contribution in [-0.2, 0) is 0 Å². The first-order valence-electron chi connectivity index (χ1n) is 9.39. The molecule has 0 unspecified atom stereocenters. The van der Waals surface area contributed by atoms with Crippen LogP contribution in [0, 0.1) is 15.9 Å². The van der Waals surface area contributed by atoms with Crippen molar-refractivity contribution < 1.29 is 14.1 Å². The molecule has 8 nitrogen and oxygen atoms in total. The maximum Gasteiger partial charge on any atom is 0.269 e. The quantitative estimate of drug-likeness (QED) is 0.487. The van der Waals surface area contributed by atoms with Crippen LogP contribution in [-0.4, -0.2) is 52.1 Å². The van der Waals surface area contributed by atoms with Crippen molar-refractivity contribution in [3.63, 3.8) is 0 Å². The molecule has 0 spiro atoms. The third-order valence-corrected chi connectivity index (χ3v) is 5.01. The van der Waals surface area contributed by atoms with Crippen LogP contribution in [0.4, 0.5) is 15.9 Å². The summed E-state index contributed by atoms with van der Waals surface area (Å²) in [4.78, 5) is 26.7. The highest BCUT2D eigenvalue weighted by atomic mass is 19.1. The molecule has 1 aromatic heterocycles. The van der Waals surface area contributed by atoms with E-state index in [2.05, 4.69) is 10.2 Å². The van der Waals surface area contributed by atoms with Gasteiger partial charge in [-0.2, -0.15) is 0 Å². The third-order valence-electron chi connectivity index (χ3n) is 5.01. The summed E-state index contributed by atoms with van der Waals surface area (Å²) in [7, 11) is 0. The molecule has 0 radical (unpaired) electrons. The third kappa shape index (κ3) is 4.09. The monoisotopic (exact) mass is 407 g/mol. The molecule has 0 atom stereocenters. The number of rotatable bonds is 4. The lowest BCUT2D eigenvalue weighted by Gasteiger charge is -2.35. The summed E-state index contributed by atoms with van der Waals surface area (Å²) in [5.41, 5.74) is 1.83. The molecule has 152 valence electrons. The smallest absolute Gasteiger partial charge is 0.269 e. The highest BCUT2D eigenvalue weighted by Crippen LogP contribution is 2.20. The number of benzene rings is 2. The highest BCUT2D eigenvalue weighted by molar-refractivity contribution is 5.94. The van der Waals surface area contributed by atoms with E-state index >= 15 is 0 Å². The van der Waals surface area contributed by atoms with Gasteiger partial charge in [0.25, 0.3) is 11.6 Å². The van der Waals surface area contributed by atoms with E-state index in [4.69, 9.17) is 0 Å². The molecule has 30 heavy (non-hydrogen) atoms. The molecule has 1 fully saturated rings. The number of anilines is 1. The fourth-order valence-corrected chi connectivity index (χ4v) is 3.32. The molecule has 4 rings (SSSR count). The second-order valence-corrected chi connectivity index (χ2v) is 6.87. The number of aromatic nitrogens is 2. The van der Waals surface area contributed by atoms with E-state index in [1.165, 1.54) is 36.4 Å². The first-order chi connectivity index (χ1) is 14.5. The normalized spacial score (nSPS) is 13.9. The SMILES string of the molecule is O=C(c1ccc([N+](=O)[O-])cc1)N1CCN(c2ccc(-c3ccc(F)cc3)nn2)CC1. The molecule has 1 saturated heterocycles. The van der Waals surface area contributed by atoms with Gasteiger partial charge in [-0.1, -0.05) is 0 Å². The van der Waals surface area contributed by atoms with Gasteiger partial charge in [-0.15, -0.1) is 10.2 Å². The van der Waals surface area contributed by atoms with Crippen LogP contribution in [0.25, 0.3) is 11.3 Å². The average Bonchev–Trinajstić information content (AvgIpc) is 2.79. The Morgan fingerprint density at radius 1 is 0.900 bits per heavy atom. The van der Waals surface area contributed by atoms with Crippen molar-refractivity contribution in [2.24, 2.45) is 0 Å². The van der Waals surface area contributed by atoms with Gasteiger partial charge in [-0.25, -0.2) is 4.39 Å². The van der Waals surface area contributed by atoms with Crippen LogP contribution in [0.2, 0.25) is 0 Å². The van der Waals surface area contributed by atoms with Crippen molar-refractivity contribution in [1.29, 1.82) is 0 Å². The molecular weight excluding hydrogens is 389 g/mol. The Kier molecular flexibility index (Phi) is 5.34. The molecular formula is C21H18FN5O3. The summed E-state index contributed by atoms with van der Waals surface area (Å²) in [6.45, 7) is 2.22. The zero-order valence-corrected chi connectivity index (χ0v) is 15.9. The van der Waals surface area contributed by atoms with Crippen molar-refractivity contribution in [2.45, 2.75) is 0 Å². The fourth-order valence-electron chi connectivity index (χ4n) is 3.32. The zero-order valence-electron chi connectivity index (χ0n) is 15.9.